The predicted octanol–water partition coefficient (Wildman–Crippen LogP) is 1.95. The van der Waals surface area contributed by atoms with Gasteiger partial charge >= 0.3 is 6.18 Å². The summed E-state index contributed by atoms with van der Waals surface area (Å²) in [6.45, 7) is 0. The molecule has 0 saturated carbocycles. The fraction of sp³-hybridized carbons (Fsp3) is 0.143. The van der Waals surface area contributed by atoms with E-state index in [0.29, 0.717) is 24.3 Å². The number of benzene rings is 1. The number of hydrogen-bond donors (Lipinski definition) is 1. The molecule has 0 aromatic heterocycles. The van der Waals surface area contributed by atoms with Crippen LogP contribution in [0.2, 0.25) is 0 Å². The number of alkyl halides is 3. The van der Waals surface area contributed by atoms with Crippen molar-refractivity contribution in [2.24, 2.45) is 0 Å². The standard InChI is InChI=1S/C7H5F3O3S.Ag/c8-7(9,10)5-1-3-6(4-2-5)14(11,12)13;/h1-4H,(H,11,12,13);. The molecule has 0 amide bonds. The molecule has 0 heterocycles. The summed E-state index contributed by atoms with van der Waals surface area (Å²) in [6, 6.07) is 2.56. The molecule has 0 aliphatic heterocycles. The SMILES string of the molecule is O=S(=O)(O)c1ccc(C(F)(F)F)cc1.[Ag]. The zero-order valence-corrected chi connectivity index (χ0v) is 9.22. The first-order chi connectivity index (χ1) is 6.21. The second kappa shape index (κ2) is 4.67. The van der Waals surface area contributed by atoms with E-state index in [1.807, 2.05) is 0 Å². The van der Waals surface area contributed by atoms with Gasteiger partial charge in [-0.15, -0.1) is 0 Å². The van der Waals surface area contributed by atoms with Crippen molar-refractivity contribution in [2.45, 2.75) is 11.1 Å². The Balaban J connectivity index is 0.00000196. The van der Waals surface area contributed by atoms with Crippen LogP contribution < -0.4 is 0 Å². The van der Waals surface area contributed by atoms with E-state index in [9.17, 15) is 21.6 Å². The van der Waals surface area contributed by atoms with Gasteiger partial charge in [-0.25, -0.2) is 0 Å². The van der Waals surface area contributed by atoms with E-state index in [1.165, 1.54) is 0 Å². The van der Waals surface area contributed by atoms with Crippen molar-refractivity contribution in [3.05, 3.63) is 29.8 Å². The number of hydrogen-bond acceptors (Lipinski definition) is 2. The van der Waals surface area contributed by atoms with Crippen LogP contribution in [0.25, 0.3) is 0 Å². The van der Waals surface area contributed by atoms with Crippen molar-refractivity contribution in [1.29, 1.82) is 0 Å². The molecule has 15 heavy (non-hydrogen) atoms. The molecule has 0 unspecified atom stereocenters. The van der Waals surface area contributed by atoms with Crippen molar-refractivity contribution >= 4 is 10.1 Å². The van der Waals surface area contributed by atoms with E-state index in [4.69, 9.17) is 4.55 Å². The molecule has 89 valence electrons. The molecule has 1 N–H and O–H groups in total. The molecule has 1 aromatic rings. The zero-order chi connectivity index (χ0) is 11.0. The van der Waals surface area contributed by atoms with Crippen LogP contribution in [-0.4, -0.2) is 13.0 Å². The third kappa shape index (κ3) is 3.96. The minimum absolute atomic E-state index is 0. The Morgan fingerprint density at radius 1 is 1.07 bits per heavy atom. The molecular weight excluding hydrogens is 329 g/mol. The van der Waals surface area contributed by atoms with E-state index in [1.54, 1.807) is 0 Å². The Morgan fingerprint density at radius 2 is 1.47 bits per heavy atom. The molecule has 1 aromatic carbocycles. The van der Waals surface area contributed by atoms with Gasteiger partial charge in [0.2, 0.25) is 0 Å². The third-order valence-corrected chi connectivity index (χ3v) is 2.35. The first kappa shape index (κ1) is 14.7. The average Bonchev–Trinajstić information content (AvgIpc) is 2.01. The second-order valence-corrected chi connectivity index (χ2v) is 3.92. The van der Waals surface area contributed by atoms with Crippen molar-refractivity contribution in [3.8, 4) is 0 Å². The van der Waals surface area contributed by atoms with Gasteiger partial charge in [-0.2, -0.15) is 21.6 Å². The van der Waals surface area contributed by atoms with Gasteiger partial charge in [0, 0.05) is 22.4 Å². The molecule has 0 saturated heterocycles. The number of rotatable bonds is 1. The molecule has 0 aliphatic rings. The Bertz CT molecular complexity index is 424. The van der Waals surface area contributed by atoms with Gasteiger partial charge in [0.1, 0.15) is 0 Å². The first-order valence-corrected chi connectivity index (χ1v) is 4.80. The van der Waals surface area contributed by atoms with E-state index in [2.05, 4.69) is 0 Å². The molecule has 0 bridgehead atoms. The fourth-order valence-electron chi connectivity index (χ4n) is 0.816. The van der Waals surface area contributed by atoms with E-state index in [0.717, 1.165) is 0 Å². The minimum atomic E-state index is -4.52. The van der Waals surface area contributed by atoms with Crippen LogP contribution in [0, 0.1) is 0 Å². The quantitative estimate of drug-likeness (QED) is 0.631. The van der Waals surface area contributed by atoms with Crippen LogP contribution >= 0.6 is 0 Å². The largest absolute Gasteiger partial charge is 0.416 e. The van der Waals surface area contributed by atoms with Gasteiger partial charge < -0.3 is 0 Å². The Morgan fingerprint density at radius 3 is 1.73 bits per heavy atom. The van der Waals surface area contributed by atoms with Gasteiger partial charge in [0.25, 0.3) is 10.1 Å². The van der Waals surface area contributed by atoms with Crippen LogP contribution in [0.4, 0.5) is 13.2 Å². The maximum absolute atomic E-state index is 12.0. The maximum atomic E-state index is 12.0. The summed E-state index contributed by atoms with van der Waals surface area (Å²) >= 11 is 0. The van der Waals surface area contributed by atoms with Gasteiger partial charge in [-0.3, -0.25) is 4.55 Å². The summed E-state index contributed by atoms with van der Waals surface area (Å²) in [5.74, 6) is 0. The zero-order valence-electron chi connectivity index (χ0n) is 6.92. The molecule has 0 atom stereocenters. The Hall–Kier alpha value is -0.340. The van der Waals surface area contributed by atoms with Crippen molar-refractivity contribution in [3.63, 3.8) is 0 Å². The topological polar surface area (TPSA) is 54.4 Å². The molecule has 3 nitrogen and oxygen atoms in total. The fourth-order valence-corrected chi connectivity index (χ4v) is 1.30. The summed E-state index contributed by atoms with van der Waals surface area (Å²) in [4.78, 5) is -0.564. The molecule has 0 spiro atoms. The van der Waals surface area contributed by atoms with Crippen LogP contribution in [-0.2, 0) is 38.7 Å². The van der Waals surface area contributed by atoms with Gasteiger partial charge in [0.15, 0.2) is 0 Å². The monoisotopic (exact) mass is 333 g/mol. The van der Waals surface area contributed by atoms with E-state index < -0.39 is 26.8 Å². The molecule has 0 fully saturated rings. The second-order valence-electron chi connectivity index (χ2n) is 2.50. The van der Waals surface area contributed by atoms with E-state index >= 15 is 0 Å². The molecule has 1 radical (unpaired) electrons. The normalized spacial score (nSPS) is 12.0. The maximum Gasteiger partial charge on any atom is 0.416 e. The number of halogens is 3. The summed E-state index contributed by atoms with van der Waals surface area (Å²) in [5.41, 5.74) is -0.968. The molecule has 0 aliphatic carbocycles. The average molecular weight is 334 g/mol. The summed E-state index contributed by atoms with van der Waals surface area (Å²) in [6.07, 6.45) is -4.52. The summed E-state index contributed by atoms with van der Waals surface area (Å²) in [5, 5.41) is 0. The molecular formula is C7H5AgF3O3S. The summed E-state index contributed by atoms with van der Waals surface area (Å²) in [7, 11) is -4.43. The molecule has 1 rings (SSSR count). The van der Waals surface area contributed by atoms with Crippen molar-refractivity contribution < 1.29 is 48.5 Å². The minimum Gasteiger partial charge on any atom is -0.282 e. The smallest absolute Gasteiger partial charge is 0.282 e. The Kier molecular flexibility index (Phi) is 4.56. The van der Waals surface area contributed by atoms with Crippen LogP contribution in [0.3, 0.4) is 0 Å². The van der Waals surface area contributed by atoms with Crippen molar-refractivity contribution in [1.82, 2.24) is 0 Å². The van der Waals surface area contributed by atoms with Gasteiger partial charge in [-0.05, 0) is 24.3 Å². The van der Waals surface area contributed by atoms with Crippen LogP contribution in [0.5, 0.6) is 0 Å². The van der Waals surface area contributed by atoms with Crippen molar-refractivity contribution in [2.75, 3.05) is 0 Å². The van der Waals surface area contributed by atoms with Gasteiger partial charge in [0.05, 0.1) is 10.5 Å². The molecule has 8 heteroatoms. The first-order valence-electron chi connectivity index (χ1n) is 3.36. The Labute approximate surface area is 99.6 Å². The van der Waals surface area contributed by atoms with Crippen LogP contribution in [0.15, 0.2) is 29.2 Å². The third-order valence-electron chi connectivity index (χ3n) is 1.48. The predicted molar refractivity (Wildman–Crippen MR) is 41.3 cm³/mol. The summed E-state index contributed by atoms with van der Waals surface area (Å²) < 4.78 is 65.4. The van der Waals surface area contributed by atoms with Crippen LogP contribution in [0.1, 0.15) is 5.56 Å². The van der Waals surface area contributed by atoms with E-state index in [-0.39, 0.29) is 22.4 Å². The van der Waals surface area contributed by atoms with Gasteiger partial charge in [-0.1, -0.05) is 0 Å².